The third-order valence-corrected chi connectivity index (χ3v) is 1.88. The van der Waals surface area contributed by atoms with Gasteiger partial charge in [-0.05, 0) is 5.21 Å². The van der Waals surface area contributed by atoms with Gasteiger partial charge in [0.25, 0.3) is 5.95 Å². The first-order valence-corrected chi connectivity index (χ1v) is 3.62. The van der Waals surface area contributed by atoms with Crippen LogP contribution >= 0.6 is 0 Å². The van der Waals surface area contributed by atoms with Crippen molar-refractivity contribution in [3.05, 3.63) is 0 Å². The predicted molar refractivity (Wildman–Crippen MR) is 36.1 cm³/mol. The Hall–Kier alpha value is -1.67. The first-order chi connectivity index (χ1) is 6.50. The molecule has 76 valence electrons. The van der Waals surface area contributed by atoms with Gasteiger partial charge in [-0.1, -0.05) is 5.10 Å². The summed E-state index contributed by atoms with van der Waals surface area (Å²) in [6.45, 7) is 0. The number of nitrogens with one attached hydrogen (secondary N) is 1. The van der Waals surface area contributed by atoms with Crippen molar-refractivity contribution in [1.82, 2.24) is 20.6 Å². The quantitative estimate of drug-likeness (QED) is 0.650. The van der Waals surface area contributed by atoms with Gasteiger partial charge >= 0.3 is 6.18 Å². The van der Waals surface area contributed by atoms with Crippen LogP contribution in [-0.4, -0.2) is 38.7 Å². The number of rotatable bonds is 1. The van der Waals surface area contributed by atoms with Crippen LogP contribution in [0.15, 0.2) is 0 Å². The molecule has 1 unspecified atom stereocenters. The molecule has 9 heteroatoms. The van der Waals surface area contributed by atoms with Gasteiger partial charge in [-0.15, -0.1) is 5.10 Å². The van der Waals surface area contributed by atoms with Crippen LogP contribution in [0.2, 0.25) is 0 Å². The Morgan fingerprint density at radius 1 is 1.50 bits per heavy atom. The van der Waals surface area contributed by atoms with E-state index in [4.69, 9.17) is 0 Å². The van der Waals surface area contributed by atoms with Crippen LogP contribution in [0.3, 0.4) is 0 Å². The Morgan fingerprint density at radius 3 is 2.64 bits per heavy atom. The molecule has 1 fully saturated rings. The molecule has 1 aliphatic heterocycles. The molecule has 1 saturated heterocycles. The molecule has 14 heavy (non-hydrogen) atoms. The lowest BCUT2D eigenvalue weighted by Crippen LogP contribution is -2.60. The molecule has 2 rings (SSSR count). The van der Waals surface area contributed by atoms with Crippen molar-refractivity contribution in [2.45, 2.75) is 18.6 Å². The van der Waals surface area contributed by atoms with Gasteiger partial charge in [0.1, 0.15) is 6.04 Å². The number of H-pyrrole nitrogens is 1. The number of anilines is 1. The number of aromatic amines is 1. The zero-order valence-electron chi connectivity index (χ0n) is 6.62. The Kier molecular flexibility index (Phi) is 1.69. The summed E-state index contributed by atoms with van der Waals surface area (Å²) < 4.78 is 36.7. The standard InChI is InChI=1S/C5H4F3N5O/c6-5(7,8)2-1-3(14)13(2)4-9-11-12-10-4/h2H,1H2,(H,9,10,11,12). The number of tetrazole rings is 1. The van der Waals surface area contributed by atoms with E-state index in [-0.39, 0.29) is 5.95 Å². The van der Waals surface area contributed by atoms with Crippen molar-refractivity contribution in [3.63, 3.8) is 0 Å². The molecular weight excluding hydrogens is 203 g/mol. The Balaban J connectivity index is 2.22. The summed E-state index contributed by atoms with van der Waals surface area (Å²) in [7, 11) is 0. The number of carbonyl (C=O) groups is 1. The van der Waals surface area contributed by atoms with Crippen molar-refractivity contribution in [2.24, 2.45) is 0 Å². The maximum Gasteiger partial charge on any atom is 0.409 e. The second-order valence-electron chi connectivity index (χ2n) is 2.74. The minimum Gasteiger partial charge on any atom is -0.274 e. The van der Waals surface area contributed by atoms with E-state index in [1.807, 2.05) is 5.21 Å². The fourth-order valence-corrected chi connectivity index (χ4v) is 1.19. The fourth-order valence-electron chi connectivity index (χ4n) is 1.19. The van der Waals surface area contributed by atoms with Crippen molar-refractivity contribution in [3.8, 4) is 0 Å². The van der Waals surface area contributed by atoms with Gasteiger partial charge in [0.05, 0.1) is 6.42 Å². The van der Waals surface area contributed by atoms with E-state index in [0.717, 1.165) is 0 Å². The second-order valence-corrected chi connectivity index (χ2v) is 2.74. The first kappa shape index (κ1) is 8.91. The lowest BCUT2D eigenvalue weighted by molar-refractivity contribution is -0.171. The largest absolute Gasteiger partial charge is 0.409 e. The average Bonchev–Trinajstić information content (AvgIpc) is 2.50. The third-order valence-electron chi connectivity index (χ3n) is 1.88. The van der Waals surface area contributed by atoms with Crippen molar-refractivity contribution in [2.75, 3.05) is 4.90 Å². The molecule has 2 heterocycles. The van der Waals surface area contributed by atoms with Gasteiger partial charge in [0.2, 0.25) is 5.91 Å². The summed E-state index contributed by atoms with van der Waals surface area (Å²) in [6.07, 6.45) is -5.01. The van der Waals surface area contributed by atoms with Gasteiger partial charge < -0.3 is 0 Å². The zero-order chi connectivity index (χ0) is 10.3. The van der Waals surface area contributed by atoms with E-state index in [0.29, 0.717) is 4.90 Å². The van der Waals surface area contributed by atoms with Gasteiger partial charge in [-0.3, -0.25) is 9.69 Å². The molecule has 0 aromatic carbocycles. The molecule has 1 amide bonds. The summed E-state index contributed by atoms with van der Waals surface area (Å²) >= 11 is 0. The molecule has 0 radical (unpaired) electrons. The van der Waals surface area contributed by atoms with Crippen LogP contribution < -0.4 is 4.90 Å². The molecule has 1 aliphatic rings. The summed E-state index contributed by atoms with van der Waals surface area (Å²) in [5.74, 6) is -1.00. The predicted octanol–water partition coefficient (Wildman–Crippen LogP) is -0.133. The lowest BCUT2D eigenvalue weighted by atomic mass is 10.0. The van der Waals surface area contributed by atoms with Crippen LogP contribution in [-0.2, 0) is 4.79 Å². The molecule has 6 nitrogen and oxygen atoms in total. The lowest BCUT2D eigenvalue weighted by Gasteiger charge is -2.38. The minimum absolute atomic E-state index is 0.344. The van der Waals surface area contributed by atoms with E-state index in [2.05, 4.69) is 15.4 Å². The van der Waals surface area contributed by atoms with Crippen LogP contribution in [0.5, 0.6) is 0 Å². The van der Waals surface area contributed by atoms with E-state index in [1.165, 1.54) is 0 Å². The molecule has 1 atom stereocenters. The van der Waals surface area contributed by atoms with Crippen molar-refractivity contribution < 1.29 is 18.0 Å². The van der Waals surface area contributed by atoms with Gasteiger partial charge in [0.15, 0.2) is 0 Å². The van der Waals surface area contributed by atoms with Gasteiger partial charge in [0, 0.05) is 0 Å². The number of hydrogen-bond acceptors (Lipinski definition) is 4. The number of aromatic nitrogens is 4. The van der Waals surface area contributed by atoms with Gasteiger partial charge in [-0.25, -0.2) is 0 Å². The number of halogens is 3. The highest BCUT2D eigenvalue weighted by molar-refractivity contribution is 5.99. The SMILES string of the molecule is O=C1CC(C(F)(F)F)N1c1nn[nH]n1. The monoisotopic (exact) mass is 207 g/mol. The number of nitrogens with zero attached hydrogens (tertiary/aromatic N) is 4. The number of β-lactam (4-membered cyclic amide) rings is 1. The molecule has 0 saturated carbocycles. The number of alkyl halides is 3. The fraction of sp³-hybridized carbons (Fsp3) is 0.600. The molecule has 1 aromatic heterocycles. The zero-order valence-corrected chi connectivity index (χ0v) is 6.62. The maximum atomic E-state index is 12.2. The Morgan fingerprint density at radius 2 is 2.21 bits per heavy atom. The number of carbonyl (C=O) groups excluding carboxylic acids is 1. The van der Waals surface area contributed by atoms with Crippen LogP contribution in [0.1, 0.15) is 6.42 Å². The average molecular weight is 207 g/mol. The normalized spacial score (nSPS) is 22.4. The summed E-state index contributed by atoms with van der Waals surface area (Å²) in [6, 6.07) is -1.83. The van der Waals surface area contributed by atoms with Gasteiger partial charge in [-0.2, -0.15) is 18.4 Å². The van der Waals surface area contributed by atoms with E-state index in [1.54, 1.807) is 0 Å². The summed E-state index contributed by atoms with van der Waals surface area (Å²) in [5.41, 5.74) is 0. The molecule has 1 N–H and O–H groups in total. The van der Waals surface area contributed by atoms with E-state index in [9.17, 15) is 18.0 Å². The molecule has 1 aromatic rings. The molecular formula is C5H4F3N5O. The number of amides is 1. The van der Waals surface area contributed by atoms with E-state index < -0.39 is 24.5 Å². The highest BCUT2D eigenvalue weighted by atomic mass is 19.4. The smallest absolute Gasteiger partial charge is 0.274 e. The second kappa shape index (κ2) is 2.66. The number of hydrogen-bond donors (Lipinski definition) is 1. The summed E-state index contributed by atoms with van der Waals surface area (Å²) in [5, 5.41) is 11.7. The maximum absolute atomic E-state index is 12.2. The van der Waals surface area contributed by atoms with Crippen molar-refractivity contribution >= 4 is 11.9 Å². The van der Waals surface area contributed by atoms with Crippen molar-refractivity contribution in [1.29, 1.82) is 0 Å². The highest BCUT2D eigenvalue weighted by Crippen LogP contribution is 2.36. The summed E-state index contributed by atoms with van der Waals surface area (Å²) in [4.78, 5) is 11.4. The Bertz CT molecular complexity index is 347. The molecule has 0 bridgehead atoms. The van der Waals surface area contributed by atoms with E-state index >= 15 is 0 Å². The van der Waals surface area contributed by atoms with Crippen LogP contribution in [0, 0.1) is 0 Å². The highest BCUT2D eigenvalue weighted by Gasteiger charge is 2.55. The third kappa shape index (κ3) is 1.20. The topological polar surface area (TPSA) is 74.8 Å². The molecule has 0 aliphatic carbocycles. The first-order valence-electron chi connectivity index (χ1n) is 3.62. The minimum atomic E-state index is -4.45. The molecule has 0 spiro atoms. The Labute approximate surface area is 75.1 Å². The van der Waals surface area contributed by atoms with Crippen LogP contribution in [0.25, 0.3) is 0 Å². The van der Waals surface area contributed by atoms with Crippen LogP contribution in [0.4, 0.5) is 19.1 Å².